The Morgan fingerprint density at radius 1 is 1.21 bits per heavy atom. The van der Waals surface area contributed by atoms with E-state index in [1.807, 2.05) is 23.9 Å². The van der Waals surface area contributed by atoms with E-state index in [4.69, 9.17) is 9.47 Å². The number of nitrogens with one attached hydrogen (secondary N) is 1. The van der Waals surface area contributed by atoms with Gasteiger partial charge in [0.1, 0.15) is 0 Å². The van der Waals surface area contributed by atoms with Gasteiger partial charge in [0.2, 0.25) is 0 Å². The summed E-state index contributed by atoms with van der Waals surface area (Å²) in [4.78, 5) is 0. The highest BCUT2D eigenvalue weighted by molar-refractivity contribution is 8.00. The van der Waals surface area contributed by atoms with Crippen molar-refractivity contribution in [3.8, 4) is 11.5 Å². The van der Waals surface area contributed by atoms with Gasteiger partial charge in [-0.1, -0.05) is 12.5 Å². The average Bonchev–Trinajstić information content (AvgIpc) is 2.41. The van der Waals surface area contributed by atoms with Crippen molar-refractivity contribution >= 4 is 11.8 Å². The minimum atomic E-state index is 0.483. The zero-order valence-electron chi connectivity index (χ0n) is 12.0. The Balaban J connectivity index is 1.89. The third-order valence-corrected chi connectivity index (χ3v) is 5.34. The molecule has 19 heavy (non-hydrogen) atoms. The first-order valence-electron chi connectivity index (χ1n) is 6.70. The fraction of sp³-hybridized carbons (Fsp3) is 0.600. The molecule has 4 heteroatoms. The standard InChI is InChI=1S/C15H23NO2S/c1-17-13-6-5-12(9-14(13)18-2)10-16-11-15(19-3)7-4-8-15/h5-6,9,16H,4,7-8,10-11H2,1-3H3. The Morgan fingerprint density at radius 3 is 2.47 bits per heavy atom. The first-order chi connectivity index (χ1) is 9.23. The predicted molar refractivity (Wildman–Crippen MR) is 81.3 cm³/mol. The second kappa shape index (κ2) is 6.53. The Bertz CT molecular complexity index is 413. The number of ether oxygens (including phenoxy) is 2. The number of hydrogen-bond acceptors (Lipinski definition) is 4. The third kappa shape index (κ3) is 3.37. The summed E-state index contributed by atoms with van der Waals surface area (Å²) in [6.07, 6.45) is 6.27. The van der Waals surface area contributed by atoms with E-state index in [0.29, 0.717) is 4.75 Å². The topological polar surface area (TPSA) is 30.5 Å². The molecule has 0 amide bonds. The molecule has 1 aromatic carbocycles. The van der Waals surface area contributed by atoms with E-state index in [-0.39, 0.29) is 0 Å². The van der Waals surface area contributed by atoms with Crippen LogP contribution in [0.4, 0.5) is 0 Å². The molecule has 0 aromatic heterocycles. The summed E-state index contributed by atoms with van der Waals surface area (Å²) in [5, 5.41) is 3.57. The molecule has 0 saturated heterocycles. The lowest BCUT2D eigenvalue weighted by molar-refractivity contribution is 0.344. The van der Waals surface area contributed by atoms with Crippen molar-refractivity contribution in [2.24, 2.45) is 0 Å². The minimum absolute atomic E-state index is 0.483. The van der Waals surface area contributed by atoms with E-state index >= 15 is 0 Å². The number of rotatable bonds is 7. The molecule has 2 rings (SSSR count). The maximum atomic E-state index is 5.32. The van der Waals surface area contributed by atoms with Crippen molar-refractivity contribution in [2.45, 2.75) is 30.6 Å². The van der Waals surface area contributed by atoms with Gasteiger partial charge < -0.3 is 14.8 Å². The Hall–Kier alpha value is -0.870. The van der Waals surface area contributed by atoms with Crippen LogP contribution < -0.4 is 14.8 Å². The van der Waals surface area contributed by atoms with Crippen LogP contribution in [0.15, 0.2) is 18.2 Å². The first-order valence-corrected chi connectivity index (χ1v) is 7.92. The van der Waals surface area contributed by atoms with E-state index in [1.165, 1.54) is 24.8 Å². The lowest BCUT2D eigenvalue weighted by atomic mass is 9.84. The van der Waals surface area contributed by atoms with Crippen LogP contribution in [0.5, 0.6) is 11.5 Å². The summed E-state index contributed by atoms with van der Waals surface area (Å²) >= 11 is 2.00. The fourth-order valence-corrected chi connectivity index (χ4v) is 3.39. The van der Waals surface area contributed by atoms with Gasteiger partial charge in [-0.05, 0) is 36.8 Å². The molecular weight excluding hydrogens is 258 g/mol. The van der Waals surface area contributed by atoms with Crippen LogP contribution in [0.2, 0.25) is 0 Å². The molecule has 3 nitrogen and oxygen atoms in total. The summed E-state index contributed by atoms with van der Waals surface area (Å²) in [7, 11) is 3.33. The lowest BCUT2D eigenvalue weighted by Gasteiger charge is -2.40. The molecule has 0 aliphatic heterocycles. The van der Waals surface area contributed by atoms with Crippen LogP contribution in [0.1, 0.15) is 24.8 Å². The van der Waals surface area contributed by atoms with Gasteiger partial charge in [0.15, 0.2) is 11.5 Å². The molecule has 1 aromatic rings. The Labute approximate surface area is 120 Å². The van der Waals surface area contributed by atoms with E-state index in [9.17, 15) is 0 Å². The number of hydrogen-bond donors (Lipinski definition) is 1. The molecule has 106 valence electrons. The zero-order chi connectivity index (χ0) is 13.7. The Morgan fingerprint density at radius 2 is 1.95 bits per heavy atom. The normalized spacial score (nSPS) is 16.8. The zero-order valence-corrected chi connectivity index (χ0v) is 12.8. The van der Waals surface area contributed by atoms with Crippen LogP contribution >= 0.6 is 11.8 Å². The number of benzene rings is 1. The van der Waals surface area contributed by atoms with E-state index in [1.54, 1.807) is 14.2 Å². The third-order valence-electron chi connectivity index (χ3n) is 3.92. The highest BCUT2D eigenvalue weighted by atomic mass is 32.2. The van der Waals surface area contributed by atoms with Gasteiger partial charge in [-0.3, -0.25) is 0 Å². The molecule has 1 fully saturated rings. The highest BCUT2D eigenvalue weighted by Gasteiger charge is 2.35. The fourth-order valence-electron chi connectivity index (χ4n) is 2.45. The average molecular weight is 281 g/mol. The molecule has 1 saturated carbocycles. The second-order valence-corrected chi connectivity index (χ2v) is 6.31. The van der Waals surface area contributed by atoms with Crippen molar-refractivity contribution in [2.75, 3.05) is 27.0 Å². The van der Waals surface area contributed by atoms with Crippen LogP contribution in [0, 0.1) is 0 Å². The molecule has 1 aliphatic carbocycles. The molecule has 0 heterocycles. The van der Waals surface area contributed by atoms with Crippen molar-refractivity contribution < 1.29 is 9.47 Å². The lowest BCUT2D eigenvalue weighted by Crippen LogP contribution is -2.43. The van der Waals surface area contributed by atoms with Crippen LogP contribution in [-0.2, 0) is 6.54 Å². The van der Waals surface area contributed by atoms with Crippen molar-refractivity contribution in [3.05, 3.63) is 23.8 Å². The number of methoxy groups -OCH3 is 2. The quantitative estimate of drug-likeness (QED) is 0.832. The van der Waals surface area contributed by atoms with Crippen molar-refractivity contribution in [1.82, 2.24) is 5.32 Å². The van der Waals surface area contributed by atoms with Crippen molar-refractivity contribution in [3.63, 3.8) is 0 Å². The predicted octanol–water partition coefficient (Wildman–Crippen LogP) is 3.08. The van der Waals surface area contributed by atoms with Gasteiger partial charge in [0, 0.05) is 17.8 Å². The minimum Gasteiger partial charge on any atom is -0.493 e. The highest BCUT2D eigenvalue weighted by Crippen LogP contribution is 2.42. The molecular formula is C15H23NO2S. The monoisotopic (exact) mass is 281 g/mol. The molecule has 1 aliphatic rings. The largest absolute Gasteiger partial charge is 0.493 e. The van der Waals surface area contributed by atoms with Gasteiger partial charge in [0.25, 0.3) is 0 Å². The maximum Gasteiger partial charge on any atom is 0.161 e. The van der Waals surface area contributed by atoms with Gasteiger partial charge in [-0.2, -0.15) is 11.8 Å². The Kier molecular flexibility index (Phi) is 4.99. The van der Waals surface area contributed by atoms with Gasteiger partial charge in [0.05, 0.1) is 14.2 Å². The van der Waals surface area contributed by atoms with E-state index in [0.717, 1.165) is 24.6 Å². The van der Waals surface area contributed by atoms with Gasteiger partial charge in [-0.15, -0.1) is 0 Å². The van der Waals surface area contributed by atoms with Crippen LogP contribution in [0.3, 0.4) is 0 Å². The summed E-state index contributed by atoms with van der Waals surface area (Å²) in [5.74, 6) is 1.58. The molecule has 0 bridgehead atoms. The molecule has 0 spiro atoms. The van der Waals surface area contributed by atoms with Crippen molar-refractivity contribution in [1.29, 1.82) is 0 Å². The molecule has 0 unspecified atom stereocenters. The van der Waals surface area contributed by atoms with E-state index < -0.39 is 0 Å². The summed E-state index contributed by atoms with van der Waals surface area (Å²) in [5.41, 5.74) is 1.23. The van der Waals surface area contributed by atoms with E-state index in [2.05, 4.69) is 17.6 Å². The molecule has 0 atom stereocenters. The first kappa shape index (κ1) is 14.5. The molecule has 0 radical (unpaired) electrons. The maximum absolute atomic E-state index is 5.32. The smallest absolute Gasteiger partial charge is 0.161 e. The SMILES string of the molecule is COc1ccc(CNCC2(SC)CCC2)cc1OC. The molecule has 1 N–H and O–H groups in total. The second-order valence-electron chi connectivity index (χ2n) is 5.03. The summed E-state index contributed by atoms with van der Waals surface area (Å²) < 4.78 is 11.0. The summed E-state index contributed by atoms with van der Waals surface area (Å²) in [6.45, 7) is 1.96. The van der Waals surface area contributed by atoms with Crippen LogP contribution in [-0.4, -0.2) is 31.8 Å². The van der Waals surface area contributed by atoms with Gasteiger partial charge >= 0.3 is 0 Å². The summed E-state index contributed by atoms with van der Waals surface area (Å²) in [6, 6.07) is 6.09. The van der Waals surface area contributed by atoms with Crippen LogP contribution in [0.25, 0.3) is 0 Å². The van der Waals surface area contributed by atoms with Gasteiger partial charge in [-0.25, -0.2) is 0 Å². The number of thioether (sulfide) groups is 1.